The number of ether oxygens (including phenoxy) is 2. The predicted molar refractivity (Wildman–Crippen MR) is 275 cm³/mol. The molecule has 0 radical (unpaired) electrons. The first-order valence-corrected chi connectivity index (χ1v) is 29.1. The molecule has 0 heterocycles. The number of carbonyl (C=O) groups is 2. The first kappa shape index (κ1) is 61.9. The van der Waals surface area contributed by atoms with Gasteiger partial charge in [0.25, 0.3) is 0 Å². The zero-order chi connectivity index (χ0) is 45.6. The van der Waals surface area contributed by atoms with E-state index in [2.05, 4.69) is 13.8 Å². The van der Waals surface area contributed by atoms with E-state index in [1.165, 1.54) is 283 Å². The van der Waals surface area contributed by atoms with E-state index in [1.54, 1.807) is 0 Å². The number of esters is 2. The van der Waals surface area contributed by atoms with Gasteiger partial charge in [-0.3, -0.25) is 9.59 Å². The Bertz CT molecular complexity index is 875. The van der Waals surface area contributed by atoms with E-state index in [-0.39, 0.29) is 25.2 Å². The summed E-state index contributed by atoms with van der Waals surface area (Å²) in [7, 11) is 0. The minimum Gasteiger partial charge on any atom is -0.462 e. The van der Waals surface area contributed by atoms with E-state index < -0.39 is 6.10 Å². The molecule has 0 spiro atoms. The van der Waals surface area contributed by atoms with Crippen LogP contribution >= 0.6 is 0 Å². The van der Waals surface area contributed by atoms with E-state index in [1.807, 2.05) is 0 Å². The fourth-order valence-corrected chi connectivity index (χ4v) is 9.27. The molecule has 0 aromatic carbocycles. The second-order valence-corrected chi connectivity index (χ2v) is 20.1. The van der Waals surface area contributed by atoms with Crippen molar-refractivity contribution in [2.24, 2.45) is 0 Å². The van der Waals surface area contributed by atoms with Crippen molar-refractivity contribution in [2.75, 3.05) is 13.2 Å². The summed E-state index contributed by atoms with van der Waals surface area (Å²) in [6.45, 7) is 4.21. The van der Waals surface area contributed by atoms with Crippen molar-refractivity contribution in [3.05, 3.63) is 0 Å². The third-order valence-electron chi connectivity index (χ3n) is 13.7. The standard InChI is InChI=1S/C58H114O5/c1-3-5-7-9-11-13-15-17-19-21-23-25-27-29-31-33-35-37-39-41-43-45-47-49-51-53-58(61)63-56(54-59)55-62-57(60)52-50-48-46-44-42-40-38-36-34-32-30-28-26-24-22-20-18-16-14-12-10-8-6-4-2/h56,59H,3-55H2,1-2H3. The Morgan fingerprint density at radius 3 is 0.698 bits per heavy atom. The van der Waals surface area contributed by atoms with Gasteiger partial charge in [0.15, 0.2) is 6.10 Å². The van der Waals surface area contributed by atoms with Crippen LogP contribution in [0.4, 0.5) is 0 Å². The number of unbranched alkanes of at least 4 members (excludes halogenated alkanes) is 47. The van der Waals surface area contributed by atoms with Gasteiger partial charge >= 0.3 is 11.9 Å². The molecule has 0 aromatic heterocycles. The van der Waals surface area contributed by atoms with E-state index in [9.17, 15) is 14.7 Å². The Morgan fingerprint density at radius 1 is 0.302 bits per heavy atom. The Morgan fingerprint density at radius 2 is 0.492 bits per heavy atom. The van der Waals surface area contributed by atoms with Gasteiger partial charge < -0.3 is 14.6 Å². The van der Waals surface area contributed by atoms with E-state index in [4.69, 9.17) is 9.47 Å². The van der Waals surface area contributed by atoms with Crippen LogP contribution in [0.3, 0.4) is 0 Å². The molecule has 0 aliphatic heterocycles. The lowest BCUT2D eigenvalue weighted by molar-refractivity contribution is -0.161. The smallest absolute Gasteiger partial charge is 0.306 e. The summed E-state index contributed by atoms with van der Waals surface area (Å²) >= 11 is 0. The van der Waals surface area contributed by atoms with E-state index in [0.717, 1.165) is 32.1 Å². The molecule has 0 saturated carbocycles. The Balaban J connectivity index is 3.39. The molecule has 0 rings (SSSR count). The second kappa shape index (κ2) is 55.2. The van der Waals surface area contributed by atoms with Gasteiger partial charge in [0.1, 0.15) is 6.61 Å². The lowest BCUT2D eigenvalue weighted by Crippen LogP contribution is -2.28. The molecule has 0 amide bonds. The van der Waals surface area contributed by atoms with Crippen LogP contribution in [0.2, 0.25) is 0 Å². The summed E-state index contributed by atoms with van der Waals surface area (Å²) in [6.07, 6.45) is 66.6. The van der Waals surface area contributed by atoms with Crippen molar-refractivity contribution >= 4 is 11.9 Å². The average Bonchev–Trinajstić information content (AvgIpc) is 3.29. The highest BCUT2D eigenvalue weighted by Crippen LogP contribution is 2.18. The maximum absolute atomic E-state index is 12.3. The van der Waals surface area contributed by atoms with Crippen LogP contribution in [-0.2, 0) is 19.1 Å². The molecule has 5 heteroatoms. The molecule has 0 aliphatic carbocycles. The molecule has 0 aromatic rings. The summed E-state index contributed by atoms with van der Waals surface area (Å²) in [5, 5.41) is 9.66. The third kappa shape index (κ3) is 53.4. The van der Waals surface area contributed by atoms with Crippen molar-refractivity contribution in [1.29, 1.82) is 0 Å². The fraction of sp³-hybridized carbons (Fsp3) is 0.966. The van der Waals surface area contributed by atoms with Crippen molar-refractivity contribution < 1.29 is 24.2 Å². The van der Waals surface area contributed by atoms with Crippen molar-refractivity contribution in [1.82, 2.24) is 0 Å². The first-order valence-electron chi connectivity index (χ1n) is 29.1. The van der Waals surface area contributed by atoms with Crippen LogP contribution < -0.4 is 0 Å². The van der Waals surface area contributed by atoms with Gasteiger partial charge in [0.2, 0.25) is 0 Å². The Labute approximate surface area is 395 Å². The van der Waals surface area contributed by atoms with Crippen molar-refractivity contribution in [2.45, 2.75) is 347 Å². The molecular weight excluding hydrogens is 777 g/mol. The van der Waals surface area contributed by atoms with Crippen LogP contribution in [0.5, 0.6) is 0 Å². The molecule has 376 valence electrons. The topological polar surface area (TPSA) is 72.8 Å². The molecule has 63 heavy (non-hydrogen) atoms. The highest BCUT2D eigenvalue weighted by molar-refractivity contribution is 5.70. The summed E-state index contributed by atoms with van der Waals surface area (Å²) in [4.78, 5) is 24.5. The Kier molecular flexibility index (Phi) is 54.3. The van der Waals surface area contributed by atoms with Gasteiger partial charge in [-0.05, 0) is 12.8 Å². The molecular formula is C58H114O5. The number of hydrogen-bond acceptors (Lipinski definition) is 5. The largest absolute Gasteiger partial charge is 0.462 e. The quantitative estimate of drug-likeness (QED) is 0.0486. The zero-order valence-corrected chi connectivity index (χ0v) is 43.1. The number of aliphatic hydroxyl groups excluding tert-OH is 1. The normalized spacial score (nSPS) is 12.0. The molecule has 1 N–H and O–H groups in total. The minimum absolute atomic E-state index is 0.0556. The third-order valence-corrected chi connectivity index (χ3v) is 13.7. The molecule has 1 unspecified atom stereocenters. The monoisotopic (exact) mass is 891 g/mol. The van der Waals surface area contributed by atoms with Gasteiger partial charge in [-0.15, -0.1) is 0 Å². The lowest BCUT2D eigenvalue weighted by atomic mass is 10.0. The fourth-order valence-electron chi connectivity index (χ4n) is 9.27. The maximum atomic E-state index is 12.3. The van der Waals surface area contributed by atoms with Crippen LogP contribution in [0.15, 0.2) is 0 Å². The van der Waals surface area contributed by atoms with Crippen LogP contribution in [0, 0.1) is 0 Å². The maximum Gasteiger partial charge on any atom is 0.306 e. The molecule has 0 aliphatic rings. The van der Waals surface area contributed by atoms with Gasteiger partial charge in [-0.25, -0.2) is 0 Å². The van der Waals surface area contributed by atoms with E-state index in [0.29, 0.717) is 12.8 Å². The van der Waals surface area contributed by atoms with Gasteiger partial charge in [0, 0.05) is 12.8 Å². The molecule has 0 fully saturated rings. The highest BCUT2D eigenvalue weighted by Gasteiger charge is 2.16. The molecule has 0 saturated heterocycles. The summed E-state index contributed by atoms with van der Waals surface area (Å²) in [5.74, 6) is -0.562. The number of hydrogen-bond donors (Lipinski definition) is 1. The van der Waals surface area contributed by atoms with Crippen molar-refractivity contribution in [3.8, 4) is 0 Å². The molecule has 0 bridgehead atoms. The Hall–Kier alpha value is -1.10. The SMILES string of the molecule is CCCCCCCCCCCCCCCCCCCCCCCCCCCC(=O)OC(CO)COC(=O)CCCCCCCCCCCCCCCCCCCCCCCCCC. The zero-order valence-electron chi connectivity index (χ0n) is 43.1. The van der Waals surface area contributed by atoms with Crippen LogP contribution in [-0.4, -0.2) is 36.4 Å². The second-order valence-electron chi connectivity index (χ2n) is 20.1. The summed E-state index contributed by atoms with van der Waals surface area (Å²) in [5.41, 5.74) is 0. The van der Waals surface area contributed by atoms with Crippen molar-refractivity contribution in [3.63, 3.8) is 0 Å². The lowest BCUT2D eigenvalue weighted by Gasteiger charge is -2.15. The predicted octanol–water partition coefficient (Wildman–Crippen LogP) is 19.4. The van der Waals surface area contributed by atoms with Gasteiger partial charge in [0.05, 0.1) is 6.61 Å². The minimum atomic E-state index is -0.764. The van der Waals surface area contributed by atoms with Gasteiger partial charge in [-0.2, -0.15) is 0 Å². The summed E-state index contributed by atoms with van der Waals surface area (Å²) < 4.78 is 10.7. The number of aliphatic hydroxyl groups is 1. The van der Waals surface area contributed by atoms with Gasteiger partial charge in [-0.1, -0.05) is 316 Å². The number of rotatable bonds is 55. The number of carbonyl (C=O) groups excluding carboxylic acids is 2. The summed E-state index contributed by atoms with van der Waals surface area (Å²) in [6, 6.07) is 0. The molecule has 1 atom stereocenters. The first-order chi connectivity index (χ1) is 31.1. The average molecular weight is 892 g/mol. The van der Waals surface area contributed by atoms with Crippen LogP contribution in [0.25, 0.3) is 0 Å². The molecule has 5 nitrogen and oxygen atoms in total. The highest BCUT2D eigenvalue weighted by atomic mass is 16.6. The van der Waals surface area contributed by atoms with Crippen LogP contribution in [0.1, 0.15) is 341 Å². The van der Waals surface area contributed by atoms with E-state index >= 15 is 0 Å².